The second-order valence-corrected chi connectivity index (χ2v) is 8.70. The molecule has 11 heteroatoms. The van der Waals surface area contributed by atoms with Gasteiger partial charge in [-0.3, -0.25) is 19.5 Å². The molecule has 0 radical (unpaired) electrons. The fraction of sp³-hybridized carbons (Fsp3) is 0.227. The Morgan fingerprint density at radius 2 is 1.88 bits per heavy atom. The van der Waals surface area contributed by atoms with E-state index in [1.54, 1.807) is 6.07 Å². The summed E-state index contributed by atoms with van der Waals surface area (Å²) in [7, 11) is 0. The number of rotatable bonds is 8. The molecule has 2 aromatic carbocycles. The Hall–Kier alpha value is -3.37. The van der Waals surface area contributed by atoms with Gasteiger partial charge in [-0.15, -0.1) is 10.2 Å². The molecule has 1 unspecified atom stereocenters. The van der Waals surface area contributed by atoms with Crippen LogP contribution in [-0.4, -0.2) is 44.4 Å². The Kier molecular flexibility index (Phi) is 7.26. The van der Waals surface area contributed by atoms with E-state index in [2.05, 4.69) is 26.1 Å². The number of nitrogens with one attached hydrogen (secondary N) is 3. The third kappa shape index (κ3) is 5.91. The SMILES string of the molecule is O=C(CSc1nnc(CC2CC(=O)NC(=O)N2)n1-c1ccccc1)NCc1ccccc1Cl. The van der Waals surface area contributed by atoms with Crippen molar-refractivity contribution in [3.63, 3.8) is 0 Å². The first-order valence-corrected chi connectivity index (χ1v) is 11.6. The number of para-hydroxylation sites is 1. The van der Waals surface area contributed by atoms with Gasteiger partial charge in [-0.1, -0.05) is 59.8 Å². The van der Waals surface area contributed by atoms with Gasteiger partial charge in [-0.25, -0.2) is 4.79 Å². The van der Waals surface area contributed by atoms with Crippen molar-refractivity contribution in [1.29, 1.82) is 0 Å². The Labute approximate surface area is 199 Å². The van der Waals surface area contributed by atoms with Crippen LogP contribution in [0.3, 0.4) is 0 Å². The second-order valence-electron chi connectivity index (χ2n) is 7.35. The number of amides is 4. The van der Waals surface area contributed by atoms with E-state index in [9.17, 15) is 14.4 Å². The van der Waals surface area contributed by atoms with Crippen molar-refractivity contribution < 1.29 is 14.4 Å². The highest BCUT2D eigenvalue weighted by atomic mass is 35.5. The molecule has 170 valence electrons. The predicted octanol–water partition coefficient (Wildman–Crippen LogP) is 2.47. The van der Waals surface area contributed by atoms with Crippen molar-refractivity contribution in [2.24, 2.45) is 0 Å². The largest absolute Gasteiger partial charge is 0.351 e. The molecule has 1 saturated heterocycles. The quantitative estimate of drug-likeness (QED) is 0.423. The molecule has 1 aromatic heterocycles. The van der Waals surface area contributed by atoms with Crippen LogP contribution in [0.25, 0.3) is 5.69 Å². The van der Waals surface area contributed by atoms with E-state index in [-0.39, 0.29) is 24.0 Å². The van der Waals surface area contributed by atoms with E-state index < -0.39 is 12.1 Å². The van der Waals surface area contributed by atoms with Crippen LogP contribution in [0.1, 0.15) is 17.8 Å². The molecule has 0 saturated carbocycles. The van der Waals surface area contributed by atoms with Gasteiger partial charge in [-0.05, 0) is 23.8 Å². The van der Waals surface area contributed by atoms with Crippen LogP contribution >= 0.6 is 23.4 Å². The summed E-state index contributed by atoms with van der Waals surface area (Å²) in [6.45, 7) is 0.332. The van der Waals surface area contributed by atoms with Gasteiger partial charge >= 0.3 is 6.03 Å². The third-order valence-electron chi connectivity index (χ3n) is 4.93. The topological polar surface area (TPSA) is 118 Å². The van der Waals surface area contributed by atoms with E-state index in [1.807, 2.05) is 53.1 Å². The molecule has 4 amide bonds. The van der Waals surface area contributed by atoms with Crippen molar-refractivity contribution in [3.05, 3.63) is 71.0 Å². The number of benzene rings is 2. The molecule has 3 aromatic rings. The molecule has 2 heterocycles. The monoisotopic (exact) mass is 484 g/mol. The molecule has 1 atom stereocenters. The Balaban J connectivity index is 1.46. The lowest BCUT2D eigenvalue weighted by Crippen LogP contribution is -2.53. The van der Waals surface area contributed by atoms with Gasteiger partial charge < -0.3 is 10.6 Å². The summed E-state index contributed by atoms with van der Waals surface area (Å²) < 4.78 is 1.84. The number of aromatic nitrogens is 3. The summed E-state index contributed by atoms with van der Waals surface area (Å²) in [4.78, 5) is 35.8. The molecule has 9 nitrogen and oxygen atoms in total. The number of hydrogen-bond donors (Lipinski definition) is 3. The molecular weight excluding hydrogens is 464 g/mol. The molecule has 1 aliphatic rings. The van der Waals surface area contributed by atoms with Gasteiger partial charge in [0.1, 0.15) is 5.82 Å². The highest BCUT2D eigenvalue weighted by molar-refractivity contribution is 7.99. The van der Waals surface area contributed by atoms with Crippen LogP contribution in [0.15, 0.2) is 59.8 Å². The molecule has 4 rings (SSSR count). The predicted molar refractivity (Wildman–Crippen MR) is 124 cm³/mol. The normalized spacial score (nSPS) is 15.6. The number of carbonyl (C=O) groups is 3. The minimum absolute atomic E-state index is 0.137. The van der Waals surface area contributed by atoms with Crippen molar-refractivity contribution in [2.45, 2.75) is 30.6 Å². The minimum Gasteiger partial charge on any atom is -0.351 e. The van der Waals surface area contributed by atoms with Crippen molar-refractivity contribution in [1.82, 2.24) is 30.7 Å². The van der Waals surface area contributed by atoms with E-state index in [1.165, 1.54) is 11.8 Å². The van der Waals surface area contributed by atoms with Crippen LogP contribution < -0.4 is 16.0 Å². The lowest BCUT2D eigenvalue weighted by molar-refractivity contribution is -0.121. The Morgan fingerprint density at radius 3 is 2.64 bits per heavy atom. The zero-order valence-corrected chi connectivity index (χ0v) is 19.0. The van der Waals surface area contributed by atoms with Gasteiger partial charge in [0.15, 0.2) is 5.16 Å². The van der Waals surface area contributed by atoms with Crippen LogP contribution in [0.5, 0.6) is 0 Å². The van der Waals surface area contributed by atoms with E-state index >= 15 is 0 Å². The average Bonchev–Trinajstić information content (AvgIpc) is 3.19. The zero-order chi connectivity index (χ0) is 23.2. The maximum Gasteiger partial charge on any atom is 0.321 e. The maximum absolute atomic E-state index is 12.4. The fourth-order valence-corrected chi connectivity index (χ4v) is 4.40. The summed E-state index contributed by atoms with van der Waals surface area (Å²) in [5.41, 5.74) is 1.66. The molecule has 0 spiro atoms. The first-order chi connectivity index (χ1) is 16.0. The molecule has 3 N–H and O–H groups in total. The zero-order valence-electron chi connectivity index (χ0n) is 17.5. The molecule has 1 aliphatic heterocycles. The van der Waals surface area contributed by atoms with Crippen molar-refractivity contribution in [3.8, 4) is 5.69 Å². The first-order valence-electron chi connectivity index (χ1n) is 10.2. The summed E-state index contributed by atoms with van der Waals surface area (Å²) in [6.07, 6.45) is 0.473. The molecule has 0 aliphatic carbocycles. The van der Waals surface area contributed by atoms with Crippen molar-refractivity contribution >= 4 is 41.2 Å². The molecular formula is C22H21ClN6O3S. The van der Waals surface area contributed by atoms with E-state index in [4.69, 9.17) is 11.6 Å². The standard InChI is InChI=1S/C22H21ClN6O3S/c23-17-9-5-4-6-14(17)12-24-20(31)13-33-22-28-27-18(29(22)16-7-2-1-3-8-16)10-15-11-19(30)26-21(32)25-15/h1-9,15H,10-13H2,(H,24,31)(H2,25,26,30,32). The number of urea groups is 1. The number of imide groups is 1. The average molecular weight is 485 g/mol. The number of hydrogen-bond acceptors (Lipinski definition) is 6. The van der Waals surface area contributed by atoms with Gasteiger partial charge in [0.05, 0.1) is 5.75 Å². The summed E-state index contributed by atoms with van der Waals surface area (Å²) in [6, 6.07) is 15.9. The number of nitrogens with zero attached hydrogens (tertiary/aromatic N) is 3. The van der Waals surface area contributed by atoms with Gasteiger partial charge in [0.2, 0.25) is 11.8 Å². The highest BCUT2D eigenvalue weighted by Gasteiger charge is 2.27. The van der Waals surface area contributed by atoms with Gasteiger partial charge in [0.25, 0.3) is 0 Å². The lowest BCUT2D eigenvalue weighted by Gasteiger charge is -2.23. The summed E-state index contributed by atoms with van der Waals surface area (Å²) in [5.74, 6) is 0.220. The number of carbonyl (C=O) groups excluding carboxylic acids is 3. The minimum atomic E-state index is -0.521. The molecule has 33 heavy (non-hydrogen) atoms. The third-order valence-corrected chi connectivity index (χ3v) is 6.23. The summed E-state index contributed by atoms with van der Waals surface area (Å²) >= 11 is 7.39. The summed E-state index contributed by atoms with van der Waals surface area (Å²) in [5, 5.41) is 17.5. The Morgan fingerprint density at radius 1 is 1.12 bits per heavy atom. The second kappa shape index (κ2) is 10.5. The van der Waals surface area contributed by atoms with Crippen LogP contribution in [0, 0.1) is 0 Å². The van der Waals surface area contributed by atoms with Gasteiger partial charge in [-0.2, -0.15) is 0 Å². The molecule has 0 bridgehead atoms. The fourth-order valence-electron chi connectivity index (χ4n) is 3.40. The smallest absolute Gasteiger partial charge is 0.321 e. The maximum atomic E-state index is 12.4. The Bertz CT molecular complexity index is 1150. The van der Waals surface area contributed by atoms with Crippen molar-refractivity contribution in [2.75, 3.05) is 5.75 Å². The van der Waals surface area contributed by atoms with Crippen LogP contribution in [-0.2, 0) is 22.6 Å². The van der Waals surface area contributed by atoms with Crippen LogP contribution in [0.4, 0.5) is 4.79 Å². The van der Waals surface area contributed by atoms with Crippen LogP contribution in [0.2, 0.25) is 5.02 Å². The number of thioether (sulfide) groups is 1. The highest BCUT2D eigenvalue weighted by Crippen LogP contribution is 2.23. The van der Waals surface area contributed by atoms with E-state index in [0.29, 0.717) is 29.0 Å². The van der Waals surface area contributed by atoms with Gasteiger partial charge in [0, 0.05) is 36.1 Å². The molecule has 1 fully saturated rings. The lowest BCUT2D eigenvalue weighted by atomic mass is 10.1. The van der Waals surface area contributed by atoms with E-state index in [0.717, 1.165) is 11.3 Å². The first kappa shape index (κ1) is 22.8. The number of halogens is 1.